The molecule has 0 fully saturated rings. The smallest absolute Gasteiger partial charge is 0.0622 e. The van der Waals surface area contributed by atoms with Crippen molar-refractivity contribution in [1.82, 2.24) is 0 Å². The number of nitrogens with zero attached hydrogens (tertiary/aromatic N) is 1. The predicted molar refractivity (Wildman–Crippen MR) is 35.9 cm³/mol. The third-order valence-corrected chi connectivity index (χ3v) is 0.884. The Bertz CT molecular complexity index is 93.6. The summed E-state index contributed by atoms with van der Waals surface area (Å²) < 4.78 is 5.19. The summed E-state index contributed by atoms with van der Waals surface area (Å²) in [6, 6.07) is 2.06. The van der Waals surface area contributed by atoms with E-state index in [-0.39, 0.29) is 0 Å². The Morgan fingerprint density at radius 3 is 2.67 bits per heavy atom. The standard InChI is InChI=1S/C7H13NO/c1-7(2)9-6-4-3-5-8/h7H,3-4,6H2,1-2H3. The molecule has 0 unspecified atom stereocenters. The van der Waals surface area contributed by atoms with E-state index in [0.29, 0.717) is 19.1 Å². The fraction of sp³-hybridized carbons (Fsp3) is 0.857. The van der Waals surface area contributed by atoms with Gasteiger partial charge in [-0.1, -0.05) is 0 Å². The van der Waals surface area contributed by atoms with Crippen LogP contribution < -0.4 is 0 Å². The van der Waals surface area contributed by atoms with Gasteiger partial charge >= 0.3 is 0 Å². The lowest BCUT2D eigenvalue weighted by molar-refractivity contribution is 0.0777. The van der Waals surface area contributed by atoms with Crippen molar-refractivity contribution in [2.45, 2.75) is 32.8 Å². The van der Waals surface area contributed by atoms with Gasteiger partial charge in [-0.15, -0.1) is 0 Å². The molecular formula is C7H13NO. The SMILES string of the molecule is CC(C)OCCCC#N. The van der Waals surface area contributed by atoms with Crippen LogP contribution in [-0.4, -0.2) is 12.7 Å². The number of hydrogen-bond acceptors (Lipinski definition) is 2. The molecule has 0 saturated heterocycles. The zero-order valence-corrected chi connectivity index (χ0v) is 6.05. The van der Waals surface area contributed by atoms with E-state index in [1.54, 1.807) is 0 Å². The first kappa shape index (κ1) is 8.45. The number of hydrogen-bond donors (Lipinski definition) is 0. The maximum Gasteiger partial charge on any atom is 0.0622 e. The van der Waals surface area contributed by atoms with Crippen LogP contribution in [0.15, 0.2) is 0 Å². The summed E-state index contributed by atoms with van der Waals surface area (Å²) in [4.78, 5) is 0. The topological polar surface area (TPSA) is 33.0 Å². The maximum atomic E-state index is 8.13. The van der Waals surface area contributed by atoms with Gasteiger partial charge in [-0.2, -0.15) is 5.26 Å². The van der Waals surface area contributed by atoms with Crippen LogP contribution in [0.2, 0.25) is 0 Å². The van der Waals surface area contributed by atoms with Gasteiger partial charge in [0.1, 0.15) is 0 Å². The fourth-order valence-electron chi connectivity index (χ4n) is 0.470. The highest BCUT2D eigenvalue weighted by molar-refractivity contribution is 4.67. The number of unbranched alkanes of at least 4 members (excludes halogenated alkanes) is 1. The summed E-state index contributed by atoms with van der Waals surface area (Å²) in [5, 5.41) is 8.13. The van der Waals surface area contributed by atoms with E-state index >= 15 is 0 Å². The van der Waals surface area contributed by atoms with Gasteiger partial charge in [0.2, 0.25) is 0 Å². The van der Waals surface area contributed by atoms with Gasteiger partial charge in [-0.25, -0.2) is 0 Å². The molecule has 0 aliphatic heterocycles. The lowest BCUT2D eigenvalue weighted by Crippen LogP contribution is -2.03. The summed E-state index contributed by atoms with van der Waals surface area (Å²) in [6.07, 6.45) is 1.75. The summed E-state index contributed by atoms with van der Waals surface area (Å²) >= 11 is 0. The van der Waals surface area contributed by atoms with Crippen LogP contribution in [0.1, 0.15) is 26.7 Å². The van der Waals surface area contributed by atoms with Crippen LogP contribution in [-0.2, 0) is 4.74 Å². The Morgan fingerprint density at radius 2 is 2.22 bits per heavy atom. The van der Waals surface area contributed by atoms with Crippen molar-refractivity contribution in [2.24, 2.45) is 0 Å². The molecule has 2 heteroatoms. The van der Waals surface area contributed by atoms with Crippen LogP contribution in [0.3, 0.4) is 0 Å². The van der Waals surface area contributed by atoms with Gasteiger partial charge in [0, 0.05) is 13.0 Å². The first-order valence-corrected chi connectivity index (χ1v) is 3.26. The highest BCUT2D eigenvalue weighted by Crippen LogP contribution is 1.92. The van der Waals surface area contributed by atoms with Crippen molar-refractivity contribution in [2.75, 3.05) is 6.61 Å². The molecule has 0 atom stereocenters. The summed E-state index contributed by atoms with van der Waals surface area (Å²) in [6.45, 7) is 4.70. The number of ether oxygens (including phenoxy) is 1. The number of rotatable bonds is 4. The zero-order chi connectivity index (χ0) is 7.11. The minimum absolute atomic E-state index is 0.295. The fourth-order valence-corrected chi connectivity index (χ4v) is 0.470. The normalized spacial score (nSPS) is 9.56. The molecule has 2 nitrogen and oxygen atoms in total. The lowest BCUT2D eigenvalue weighted by atomic mass is 10.3. The Hall–Kier alpha value is -0.550. The molecule has 0 aliphatic carbocycles. The van der Waals surface area contributed by atoms with Crippen molar-refractivity contribution >= 4 is 0 Å². The first-order valence-electron chi connectivity index (χ1n) is 3.26. The van der Waals surface area contributed by atoms with E-state index in [0.717, 1.165) is 6.42 Å². The van der Waals surface area contributed by atoms with Crippen LogP contribution >= 0.6 is 0 Å². The van der Waals surface area contributed by atoms with Crippen molar-refractivity contribution < 1.29 is 4.74 Å². The molecule has 0 N–H and O–H groups in total. The van der Waals surface area contributed by atoms with E-state index in [1.807, 2.05) is 13.8 Å². The molecule has 0 rings (SSSR count). The average Bonchev–Trinajstić information content (AvgIpc) is 1.80. The van der Waals surface area contributed by atoms with Crippen molar-refractivity contribution in [3.63, 3.8) is 0 Å². The van der Waals surface area contributed by atoms with Crippen LogP contribution in [0, 0.1) is 11.3 Å². The molecule has 0 bridgehead atoms. The Morgan fingerprint density at radius 1 is 1.56 bits per heavy atom. The molecule has 0 heterocycles. The van der Waals surface area contributed by atoms with Crippen LogP contribution in [0.4, 0.5) is 0 Å². The van der Waals surface area contributed by atoms with Gasteiger partial charge in [0.15, 0.2) is 0 Å². The summed E-state index contributed by atoms with van der Waals surface area (Å²) in [5.74, 6) is 0. The predicted octanol–water partition coefficient (Wildman–Crippen LogP) is 1.72. The Labute approximate surface area is 56.4 Å². The Kier molecular flexibility index (Phi) is 5.24. The van der Waals surface area contributed by atoms with Gasteiger partial charge < -0.3 is 4.74 Å². The lowest BCUT2D eigenvalue weighted by Gasteiger charge is -2.04. The average molecular weight is 127 g/mol. The second-order valence-corrected chi connectivity index (χ2v) is 2.18. The Balaban J connectivity index is 2.85. The van der Waals surface area contributed by atoms with E-state index in [9.17, 15) is 0 Å². The molecule has 0 spiro atoms. The van der Waals surface area contributed by atoms with E-state index in [2.05, 4.69) is 6.07 Å². The van der Waals surface area contributed by atoms with Gasteiger partial charge in [0.05, 0.1) is 12.2 Å². The second kappa shape index (κ2) is 5.58. The quantitative estimate of drug-likeness (QED) is 0.538. The summed E-state index contributed by atoms with van der Waals surface area (Å²) in [7, 11) is 0. The van der Waals surface area contributed by atoms with Crippen LogP contribution in [0.25, 0.3) is 0 Å². The van der Waals surface area contributed by atoms with E-state index in [1.165, 1.54) is 0 Å². The summed E-state index contributed by atoms with van der Waals surface area (Å²) in [5.41, 5.74) is 0. The van der Waals surface area contributed by atoms with Gasteiger partial charge in [0.25, 0.3) is 0 Å². The third kappa shape index (κ3) is 7.45. The van der Waals surface area contributed by atoms with E-state index in [4.69, 9.17) is 10.00 Å². The molecule has 0 saturated carbocycles. The monoisotopic (exact) mass is 127 g/mol. The molecule has 0 aromatic heterocycles. The van der Waals surface area contributed by atoms with Gasteiger partial charge in [-0.05, 0) is 20.3 Å². The molecule has 9 heavy (non-hydrogen) atoms. The molecule has 0 aromatic rings. The molecule has 0 aliphatic rings. The maximum absolute atomic E-state index is 8.13. The highest BCUT2D eigenvalue weighted by atomic mass is 16.5. The third-order valence-electron chi connectivity index (χ3n) is 0.884. The van der Waals surface area contributed by atoms with Crippen LogP contribution in [0.5, 0.6) is 0 Å². The van der Waals surface area contributed by atoms with Crippen molar-refractivity contribution in [3.8, 4) is 6.07 Å². The van der Waals surface area contributed by atoms with E-state index < -0.39 is 0 Å². The van der Waals surface area contributed by atoms with Crippen molar-refractivity contribution in [3.05, 3.63) is 0 Å². The first-order chi connectivity index (χ1) is 4.27. The minimum atomic E-state index is 0.295. The minimum Gasteiger partial charge on any atom is -0.379 e. The molecular weight excluding hydrogens is 114 g/mol. The number of nitriles is 1. The van der Waals surface area contributed by atoms with Gasteiger partial charge in [-0.3, -0.25) is 0 Å². The highest BCUT2D eigenvalue weighted by Gasteiger charge is 1.90. The van der Waals surface area contributed by atoms with Crippen molar-refractivity contribution in [1.29, 1.82) is 5.26 Å². The zero-order valence-electron chi connectivity index (χ0n) is 6.05. The molecule has 52 valence electrons. The molecule has 0 aromatic carbocycles. The molecule has 0 amide bonds. The second-order valence-electron chi connectivity index (χ2n) is 2.18. The molecule has 0 radical (unpaired) electrons. The largest absolute Gasteiger partial charge is 0.379 e.